The maximum absolute atomic E-state index is 12.2. The van der Waals surface area contributed by atoms with Gasteiger partial charge in [-0.2, -0.15) is 0 Å². The molecule has 1 heterocycles. The van der Waals surface area contributed by atoms with Crippen molar-refractivity contribution in [1.82, 2.24) is 4.98 Å². The molecule has 0 aliphatic carbocycles. The van der Waals surface area contributed by atoms with E-state index in [0.717, 1.165) is 10.0 Å². The molecule has 2 aromatic rings. The molecule has 0 unspecified atom stereocenters. The number of anilines is 1. The molecule has 0 saturated heterocycles. The summed E-state index contributed by atoms with van der Waals surface area (Å²) in [5, 5.41) is 0. The molecule has 0 amide bonds. The molecule has 2 rings (SSSR count). The van der Waals surface area contributed by atoms with Gasteiger partial charge in [0.05, 0.1) is 5.69 Å². The Morgan fingerprint density at radius 1 is 1.11 bits per heavy atom. The summed E-state index contributed by atoms with van der Waals surface area (Å²) in [6, 6.07) is 6.84. The van der Waals surface area contributed by atoms with Gasteiger partial charge in [-0.15, -0.1) is 0 Å². The Morgan fingerprint density at radius 3 is 2.47 bits per heavy atom. The zero-order chi connectivity index (χ0) is 14.0. The molecule has 0 spiro atoms. The van der Waals surface area contributed by atoms with E-state index in [4.69, 9.17) is 0 Å². The molecule has 0 aliphatic rings. The van der Waals surface area contributed by atoms with Crippen LogP contribution in [0.15, 0.2) is 50.5 Å². The summed E-state index contributed by atoms with van der Waals surface area (Å²) in [5.74, 6) is 0. The molecule has 0 fully saturated rings. The molecule has 0 saturated carbocycles. The highest BCUT2D eigenvalue weighted by atomic mass is 79.9. The van der Waals surface area contributed by atoms with Crippen LogP contribution < -0.4 is 4.72 Å². The van der Waals surface area contributed by atoms with Crippen LogP contribution in [-0.4, -0.2) is 13.4 Å². The molecule has 0 radical (unpaired) electrons. The summed E-state index contributed by atoms with van der Waals surface area (Å²) in [7, 11) is -3.63. The summed E-state index contributed by atoms with van der Waals surface area (Å²) in [4.78, 5) is 3.97. The fraction of sp³-hybridized carbons (Fsp3) is 0.0833. The summed E-state index contributed by atoms with van der Waals surface area (Å²) < 4.78 is 28.5. The zero-order valence-corrected chi connectivity index (χ0v) is 13.9. The lowest BCUT2D eigenvalue weighted by molar-refractivity contribution is 0.600. The molecule has 1 aromatic heterocycles. The van der Waals surface area contributed by atoms with E-state index in [0.29, 0.717) is 10.2 Å². The summed E-state index contributed by atoms with van der Waals surface area (Å²) in [6.45, 7) is 1.84. The second kappa shape index (κ2) is 5.60. The highest BCUT2D eigenvalue weighted by Crippen LogP contribution is 2.23. The number of halogens is 2. The maximum Gasteiger partial charge on any atom is 0.263 e. The molecule has 19 heavy (non-hydrogen) atoms. The Bertz CT molecular complexity index is 717. The van der Waals surface area contributed by atoms with Crippen LogP contribution in [0.3, 0.4) is 0 Å². The van der Waals surface area contributed by atoms with Crippen LogP contribution in [0.2, 0.25) is 0 Å². The number of nitrogens with zero attached hydrogens (tertiary/aromatic N) is 1. The Hall–Kier alpha value is -0.920. The van der Waals surface area contributed by atoms with E-state index in [1.54, 1.807) is 12.1 Å². The first-order chi connectivity index (χ1) is 8.88. The largest absolute Gasteiger partial charge is 0.279 e. The van der Waals surface area contributed by atoms with E-state index in [1.165, 1.54) is 18.5 Å². The quantitative estimate of drug-likeness (QED) is 0.846. The maximum atomic E-state index is 12.2. The Labute approximate surface area is 128 Å². The first-order valence-corrected chi connectivity index (χ1v) is 8.35. The van der Waals surface area contributed by atoms with Gasteiger partial charge in [-0.3, -0.25) is 9.71 Å². The molecule has 4 nitrogen and oxygen atoms in total. The van der Waals surface area contributed by atoms with E-state index in [1.807, 2.05) is 13.0 Å². The normalized spacial score (nSPS) is 11.3. The van der Waals surface area contributed by atoms with Crippen LogP contribution in [0.25, 0.3) is 0 Å². The molecule has 1 N–H and O–H groups in total. The lowest BCUT2D eigenvalue weighted by Gasteiger charge is -2.10. The number of pyridine rings is 1. The van der Waals surface area contributed by atoms with Crippen molar-refractivity contribution in [3.05, 3.63) is 51.2 Å². The topological polar surface area (TPSA) is 59.1 Å². The number of aromatic nitrogens is 1. The number of nitrogens with one attached hydrogen (secondary N) is 1. The predicted octanol–water partition coefficient (Wildman–Crippen LogP) is 3.72. The number of aryl methyl sites for hydroxylation is 1. The lowest BCUT2D eigenvalue weighted by Crippen LogP contribution is -2.14. The Kier molecular flexibility index (Phi) is 4.27. The van der Waals surface area contributed by atoms with Crippen LogP contribution in [-0.2, 0) is 10.0 Å². The fourth-order valence-corrected chi connectivity index (χ4v) is 3.59. The van der Waals surface area contributed by atoms with E-state index in [-0.39, 0.29) is 4.90 Å². The number of rotatable bonds is 3. The highest BCUT2D eigenvalue weighted by molar-refractivity contribution is 9.10. The van der Waals surface area contributed by atoms with Crippen molar-refractivity contribution < 1.29 is 8.42 Å². The predicted molar refractivity (Wildman–Crippen MR) is 81.6 cm³/mol. The first kappa shape index (κ1) is 14.5. The zero-order valence-electron chi connectivity index (χ0n) is 9.89. The standard InChI is InChI=1S/C12H10Br2N2O2S/c1-8-4-9(13)2-3-12(8)16-19(17,18)11-5-10(14)6-15-7-11/h2-7,16H,1H3. The SMILES string of the molecule is Cc1cc(Br)ccc1NS(=O)(=O)c1cncc(Br)c1. The van der Waals surface area contributed by atoms with Crippen LogP contribution in [0.5, 0.6) is 0 Å². The van der Waals surface area contributed by atoms with Crippen molar-refractivity contribution in [3.63, 3.8) is 0 Å². The first-order valence-electron chi connectivity index (χ1n) is 5.28. The molecule has 0 aliphatic heterocycles. The van der Waals surface area contributed by atoms with E-state index in [2.05, 4.69) is 41.6 Å². The Morgan fingerprint density at radius 2 is 1.84 bits per heavy atom. The number of hydrogen-bond donors (Lipinski definition) is 1. The van der Waals surface area contributed by atoms with Crippen molar-refractivity contribution in [2.75, 3.05) is 4.72 Å². The molecular formula is C12H10Br2N2O2S. The van der Waals surface area contributed by atoms with Crippen molar-refractivity contribution >= 4 is 47.6 Å². The molecule has 1 aromatic carbocycles. The average molecular weight is 406 g/mol. The smallest absolute Gasteiger partial charge is 0.263 e. The molecule has 100 valence electrons. The average Bonchev–Trinajstić information content (AvgIpc) is 2.33. The van der Waals surface area contributed by atoms with E-state index >= 15 is 0 Å². The number of sulfonamides is 1. The summed E-state index contributed by atoms with van der Waals surface area (Å²) in [6.07, 6.45) is 2.84. The molecule has 0 bridgehead atoms. The highest BCUT2D eigenvalue weighted by Gasteiger charge is 2.16. The van der Waals surface area contributed by atoms with Crippen molar-refractivity contribution in [1.29, 1.82) is 0 Å². The van der Waals surface area contributed by atoms with Crippen molar-refractivity contribution in [2.45, 2.75) is 11.8 Å². The van der Waals surface area contributed by atoms with Gasteiger partial charge < -0.3 is 0 Å². The van der Waals surface area contributed by atoms with Gasteiger partial charge in [0.15, 0.2) is 0 Å². The van der Waals surface area contributed by atoms with Gasteiger partial charge in [-0.05, 0) is 52.7 Å². The van der Waals surface area contributed by atoms with Gasteiger partial charge >= 0.3 is 0 Å². The summed E-state index contributed by atoms with van der Waals surface area (Å²) >= 11 is 6.54. The van der Waals surface area contributed by atoms with Gasteiger partial charge in [0.2, 0.25) is 0 Å². The second-order valence-corrected chi connectivity index (χ2v) is 7.42. The number of hydrogen-bond acceptors (Lipinski definition) is 3. The van der Waals surface area contributed by atoms with Crippen molar-refractivity contribution in [3.8, 4) is 0 Å². The van der Waals surface area contributed by atoms with Crippen LogP contribution in [0.1, 0.15) is 5.56 Å². The third-order valence-electron chi connectivity index (χ3n) is 2.42. The van der Waals surface area contributed by atoms with E-state index < -0.39 is 10.0 Å². The minimum absolute atomic E-state index is 0.115. The fourth-order valence-electron chi connectivity index (χ4n) is 1.48. The van der Waals surface area contributed by atoms with Gasteiger partial charge in [-0.25, -0.2) is 8.42 Å². The van der Waals surface area contributed by atoms with Crippen LogP contribution in [0.4, 0.5) is 5.69 Å². The Balaban J connectivity index is 2.36. The van der Waals surface area contributed by atoms with E-state index in [9.17, 15) is 8.42 Å². The monoisotopic (exact) mass is 404 g/mol. The van der Waals surface area contributed by atoms with Gasteiger partial charge in [0.1, 0.15) is 4.90 Å². The summed E-state index contributed by atoms with van der Waals surface area (Å²) in [5.41, 5.74) is 1.38. The van der Waals surface area contributed by atoms with Gasteiger partial charge in [0, 0.05) is 21.3 Å². The molecule has 0 atom stereocenters. The number of benzene rings is 1. The minimum atomic E-state index is -3.63. The minimum Gasteiger partial charge on any atom is -0.279 e. The lowest BCUT2D eigenvalue weighted by atomic mass is 10.2. The van der Waals surface area contributed by atoms with Gasteiger partial charge in [-0.1, -0.05) is 15.9 Å². The third-order valence-corrected chi connectivity index (χ3v) is 4.68. The van der Waals surface area contributed by atoms with Crippen LogP contribution in [0, 0.1) is 6.92 Å². The van der Waals surface area contributed by atoms with Crippen LogP contribution >= 0.6 is 31.9 Å². The molecular weight excluding hydrogens is 396 g/mol. The third kappa shape index (κ3) is 3.55. The van der Waals surface area contributed by atoms with Gasteiger partial charge in [0.25, 0.3) is 10.0 Å². The second-order valence-electron chi connectivity index (χ2n) is 3.90. The van der Waals surface area contributed by atoms with Crippen molar-refractivity contribution in [2.24, 2.45) is 0 Å². The molecule has 7 heteroatoms.